The fourth-order valence-electron chi connectivity index (χ4n) is 3.65. The van der Waals surface area contributed by atoms with E-state index in [9.17, 15) is 9.59 Å². The molecule has 0 radical (unpaired) electrons. The number of urea groups is 1. The predicted molar refractivity (Wildman–Crippen MR) is 131 cm³/mol. The van der Waals surface area contributed by atoms with E-state index in [1.165, 1.54) is 19.3 Å². The number of rotatable bonds is 8. The summed E-state index contributed by atoms with van der Waals surface area (Å²) >= 11 is 6.47. The number of hydrogen-bond donors (Lipinski definition) is 3. The molecule has 0 spiro atoms. The first-order chi connectivity index (χ1) is 15.4. The fraction of sp³-hybridized carbons (Fsp3) is 0.417. The molecule has 3 amide bonds. The summed E-state index contributed by atoms with van der Waals surface area (Å²) < 4.78 is 0. The van der Waals surface area contributed by atoms with Crippen molar-refractivity contribution in [2.45, 2.75) is 25.8 Å². The van der Waals surface area contributed by atoms with Gasteiger partial charge in [-0.05, 0) is 69.3 Å². The van der Waals surface area contributed by atoms with Crippen molar-refractivity contribution in [1.29, 1.82) is 0 Å². The molecule has 2 aromatic rings. The van der Waals surface area contributed by atoms with Gasteiger partial charge in [-0.2, -0.15) is 0 Å². The fourth-order valence-corrected chi connectivity index (χ4v) is 3.95. The number of benzene rings is 2. The summed E-state index contributed by atoms with van der Waals surface area (Å²) in [4.78, 5) is 28.9. The quantitative estimate of drug-likeness (QED) is 0.561. The summed E-state index contributed by atoms with van der Waals surface area (Å²) in [5.74, 6) is -0.124. The van der Waals surface area contributed by atoms with Crippen molar-refractivity contribution in [1.82, 2.24) is 15.5 Å². The highest BCUT2D eigenvalue weighted by atomic mass is 35.5. The molecule has 3 rings (SSSR count). The molecule has 2 aromatic carbocycles. The Kier molecular flexibility index (Phi) is 8.76. The molecule has 172 valence electrons. The summed E-state index contributed by atoms with van der Waals surface area (Å²) in [5, 5.41) is 9.18. The number of carbonyl (C=O) groups excluding carboxylic acids is 2. The van der Waals surface area contributed by atoms with Gasteiger partial charge in [0.15, 0.2) is 0 Å². The highest BCUT2D eigenvalue weighted by molar-refractivity contribution is 6.33. The number of hydrogen-bond acceptors (Lipinski definition) is 4. The predicted octanol–water partition coefficient (Wildman–Crippen LogP) is 3.94. The second-order valence-corrected chi connectivity index (χ2v) is 8.69. The lowest BCUT2D eigenvalue weighted by Gasteiger charge is -2.29. The number of amides is 3. The minimum atomic E-state index is -0.326. The van der Waals surface area contributed by atoms with Crippen molar-refractivity contribution in [2.24, 2.45) is 0 Å². The number of nitrogens with zero attached hydrogens (tertiary/aromatic N) is 2. The molecule has 1 aliphatic heterocycles. The first kappa shape index (κ1) is 23.9. The van der Waals surface area contributed by atoms with Gasteiger partial charge in [-0.15, -0.1) is 0 Å². The van der Waals surface area contributed by atoms with Crippen LogP contribution in [0.25, 0.3) is 0 Å². The van der Waals surface area contributed by atoms with Crippen LogP contribution in [-0.4, -0.2) is 57.1 Å². The largest absolute Gasteiger partial charge is 0.370 e. The Morgan fingerprint density at radius 1 is 1.03 bits per heavy atom. The van der Waals surface area contributed by atoms with E-state index >= 15 is 0 Å². The molecular weight excluding hydrogens is 426 g/mol. The average molecular weight is 458 g/mol. The molecule has 3 N–H and O–H groups in total. The van der Waals surface area contributed by atoms with Crippen LogP contribution in [0.5, 0.6) is 0 Å². The maximum atomic E-state index is 12.3. The van der Waals surface area contributed by atoms with Crippen LogP contribution in [0, 0.1) is 0 Å². The highest BCUT2D eigenvalue weighted by Crippen LogP contribution is 2.30. The van der Waals surface area contributed by atoms with Crippen molar-refractivity contribution in [3.63, 3.8) is 0 Å². The van der Waals surface area contributed by atoms with Crippen molar-refractivity contribution in [2.75, 3.05) is 50.5 Å². The van der Waals surface area contributed by atoms with Crippen LogP contribution in [0.15, 0.2) is 42.5 Å². The van der Waals surface area contributed by atoms with Gasteiger partial charge in [0.2, 0.25) is 0 Å². The lowest BCUT2D eigenvalue weighted by molar-refractivity contribution is 0.0951. The molecule has 0 atom stereocenters. The Labute approximate surface area is 195 Å². The third kappa shape index (κ3) is 7.14. The third-order valence-corrected chi connectivity index (χ3v) is 5.69. The molecule has 0 aromatic heterocycles. The van der Waals surface area contributed by atoms with Crippen molar-refractivity contribution in [3.8, 4) is 0 Å². The zero-order valence-electron chi connectivity index (χ0n) is 18.8. The van der Waals surface area contributed by atoms with Gasteiger partial charge in [-0.3, -0.25) is 4.79 Å². The van der Waals surface area contributed by atoms with E-state index in [1.54, 1.807) is 18.2 Å². The van der Waals surface area contributed by atoms with E-state index in [0.29, 0.717) is 29.4 Å². The van der Waals surface area contributed by atoms with E-state index in [0.717, 1.165) is 30.9 Å². The molecule has 1 aliphatic rings. The second kappa shape index (κ2) is 11.7. The van der Waals surface area contributed by atoms with Gasteiger partial charge in [0.1, 0.15) is 0 Å². The number of nitrogens with one attached hydrogen (secondary N) is 3. The molecule has 0 saturated carbocycles. The van der Waals surface area contributed by atoms with E-state index in [-0.39, 0.29) is 11.9 Å². The number of likely N-dealkylation sites (N-methyl/N-ethyl adjacent to an activating group) is 1. The summed E-state index contributed by atoms with van der Waals surface area (Å²) in [6.45, 7) is 3.69. The Morgan fingerprint density at radius 2 is 1.81 bits per heavy atom. The number of carbonyl (C=O) groups is 2. The Bertz CT molecular complexity index is 928. The summed E-state index contributed by atoms with van der Waals surface area (Å²) in [6.07, 6.45) is 3.62. The summed E-state index contributed by atoms with van der Waals surface area (Å²) in [6, 6.07) is 12.5. The van der Waals surface area contributed by atoms with Crippen molar-refractivity contribution < 1.29 is 9.59 Å². The van der Waals surface area contributed by atoms with Gasteiger partial charge in [0, 0.05) is 44.0 Å². The Morgan fingerprint density at radius 3 is 2.53 bits per heavy atom. The molecule has 8 heteroatoms. The van der Waals surface area contributed by atoms with Crippen LogP contribution >= 0.6 is 11.6 Å². The molecule has 0 unspecified atom stereocenters. The normalized spacial score (nSPS) is 13.7. The number of piperidine rings is 1. The van der Waals surface area contributed by atoms with Crippen LogP contribution in [0.2, 0.25) is 5.02 Å². The van der Waals surface area contributed by atoms with Crippen LogP contribution in [-0.2, 0) is 6.54 Å². The van der Waals surface area contributed by atoms with Crippen LogP contribution < -0.4 is 20.9 Å². The standard InChI is InChI=1S/C24H32ClN5O2/c1-29(2)14-11-26-23(31)19-8-6-7-18(15-19)17-27-24(32)28-20-9-10-22(21(25)16-20)30-12-4-3-5-13-30/h6-10,15-16H,3-5,11-14,17H2,1-2H3,(H,26,31)(H2,27,28,32). The second-order valence-electron chi connectivity index (χ2n) is 8.28. The first-order valence-corrected chi connectivity index (χ1v) is 11.4. The van der Waals surface area contributed by atoms with Crippen molar-refractivity contribution in [3.05, 3.63) is 58.6 Å². The summed E-state index contributed by atoms with van der Waals surface area (Å²) in [7, 11) is 3.92. The van der Waals surface area contributed by atoms with Gasteiger partial charge in [0.05, 0.1) is 10.7 Å². The molecule has 32 heavy (non-hydrogen) atoms. The highest BCUT2D eigenvalue weighted by Gasteiger charge is 2.14. The monoisotopic (exact) mass is 457 g/mol. The van der Waals surface area contributed by atoms with Gasteiger partial charge < -0.3 is 25.8 Å². The molecular formula is C24H32ClN5O2. The van der Waals surface area contributed by atoms with Crippen molar-refractivity contribution >= 4 is 34.9 Å². The lowest BCUT2D eigenvalue weighted by atomic mass is 10.1. The lowest BCUT2D eigenvalue weighted by Crippen LogP contribution is -2.31. The Hall–Kier alpha value is -2.77. The number of anilines is 2. The molecule has 0 aliphatic carbocycles. The first-order valence-electron chi connectivity index (χ1n) is 11.0. The third-order valence-electron chi connectivity index (χ3n) is 5.39. The zero-order chi connectivity index (χ0) is 22.9. The molecule has 1 fully saturated rings. The van der Waals surface area contributed by atoms with Gasteiger partial charge in [-0.25, -0.2) is 4.79 Å². The van der Waals surface area contributed by atoms with Crippen LogP contribution in [0.1, 0.15) is 35.2 Å². The average Bonchev–Trinajstić information content (AvgIpc) is 2.78. The Balaban J connectivity index is 1.50. The van der Waals surface area contributed by atoms with E-state index in [2.05, 4.69) is 20.9 Å². The van der Waals surface area contributed by atoms with Crippen LogP contribution in [0.3, 0.4) is 0 Å². The molecule has 7 nitrogen and oxygen atoms in total. The van der Waals surface area contributed by atoms with Gasteiger partial charge in [0.25, 0.3) is 5.91 Å². The van der Waals surface area contributed by atoms with Gasteiger partial charge in [-0.1, -0.05) is 23.7 Å². The molecule has 1 heterocycles. The number of halogens is 1. The molecule has 0 bridgehead atoms. The topological polar surface area (TPSA) is 76.7 Å². The van der Waals surface area contributed by atoms with Crippen LogP contribution in [0.4, 0.5) is 16.2 Å². The van der Waals surface area contributed by atoms with E-state index < -0.39 is 0 Å². The maximum Gasteiger partial charge on any atom is 0.319 e. The van der Waals surface area contributed by atoms with E-state index in [1.807, 2.05) is 43.3 Å². The van der Waals surface area contributed by atoms with Gasteiger partial charge >= 0.3 is 6.03 Å². The smallest absolute Gasteiger partial charge is 0.319 e. The minimum absolute atomic E-state index is 0.124. The zero-order valence-corrected chi connectivity index (χ0v) is 19.5. The maximum absolute atomic E-state index is 12.3. The minimum Gasteiger partial charge on any atom is -0.370 e. The molecule has 1 saturated heterocycles. The van der Waals surface area contributed by atoms with E-state index in [4.69, 9.17) is 11.6 Å². The SMILES string of the molecule is CN(C)CCNC(=O)c1cccc(CNC(=O)Nc2ccc(N3CCCCC3)c(Cl)c2)c1. The summed E-state index contributed by atoms with van der Waals surface area (Å²) in [5.41, 5.74) is 3.07.